The Morgan fingerprint density at radius 2 is 1.86 bits per heavy atom. The molecule has 0 bridgehead atoms. The standard InChI is InChI=1S/C17H19NO3/c1-18-11-15(19)14-8-9-16(20-2)17(10-14)21-12-13-6-4-3-5-7-13/h3-10,18H,11-12H2,1-2H3. The second kappa shape index (κ2) is 7.45. The SMILES string of the molecule is CNCC(=O)c1ccc(OC)c(OCc2ccccc2)c1. The Bertz CT molecular complexity index is 596. The van der Waals surface area contributed by atoms with Gasteiger partial charge in [-0.2, -0.15) is 0 Å². The maximum Gasteiger partial charge on any atom is 0.176 e. The molecule has 0 atom stereocenters. The molecule has 0 aliphatic heterocycles. The Morgan fingerprint density at radius 1 is 1.10 bits per heavy atom. The van der Waals surface area contributed by atoms with Crippen LogP contribution in [0.5, 0.6) is 11.5 Å². The lowest BCUT2D eigenvalue weighted by Gasteiger charge is -2.12. The lowest BCUT2D eigenvalue weighted by Crippen LogP contribution is -2.18. The van der Waals surface area contributed by atoms with Gasteiger partial charge in [0.1, 0.15) is 6.61 Å². The Morgan fingerprint density at radius 3 is 2.52 bits per heavy atom. The number of nitrogens with one attached hydrogen (secondary N) is 1. The van der Waals surface area contributed by atoms with Crippen molar-refractivity contribution in [2.75, 3.05) is 20.7 Å². The molecule has 21 heavy (non-hydrogen) atoms. The molecule has 2 aromatic rings. The lowest BCUT2D eigenvalue weighted by molar-refractivity contribution is 0.0993. The minimum Gasteiger partial charge on any atom is -0.493 e. The molecule has 4 nitrogen and oxygen atoms in total. The molecule has 0 amide bonds. The van der Waals surface area contributed by atoms with Gasteiger partial charge in [0, 0.05) is 5.56 Å². The minimum atomic E-state index is 0.0183. The highest BCUT2D eigenvalue weighted by Gasteiger charge is 2.11. The molecule has 2 aromatic carbocycles. The van der Waals surface area contributed by atoms with Gasteiger partial charge in [-0.15, -0.1) is 0 Å². The van der Waals surface area contributed by atoms with Crippen molar-refractivity contribution in [1.29, 1.82) is 0 Å². The Kier molecular flexibility index (Phi) is 5.35. The van der Waals surface area contributed by atoms with E-state index in [1.807, 2.05) is 30.3 Å². The summed E-state index contributed by atoms with van der Waals surface area (Å²) < 4.78 is 11.1. The lowest BCUT2D eigenvalue weighted by atomic mass is 10.1. The van der Waals surface area contributed by atoms with Crippen molar-refractivity contribution in [3.05, 3.63) is 59.7 Å². The zero-order valence-electron chi connectivity index (χ0n) is 12.3. The van der Waals surface area contributed by atoms with Crippen molar-refractivity contribution < 1.29 is 14.3 Å². The molecule has 0 aliphatic carbocycles. The van der Waals surface area contributed by atoms with Crippen LogP contribution >= 0.6 is 0 Å². The molecule has 2 rings (SSSR count). The zero-order chi connectivity index (χ0) is 15.1. The first-order valence-corrected chi connectivity index (χ1v) is 6.77. The smallest absolute Gasteiger partial charge is 0.176 e. The summed E-state index contributed by atoms with van der Waals surface area (Å²) in [4.78, 5) is 11.9. The minimum absolute atomic E-state index is 0.0183. The van der Waals surface area contributed by atoms with E-state index in [1.165, 1.54) is 0 Å². The number of methoxy groups -OCH3 is 1. The molecule has 0 unspecified atom stereocenters. The van der Waals surface area contributed by atoms with Crippen molar-refractivity contribution in [3.63, 3.8) is 0 Å². The number of ether oxygens (including phenoxy) is 2. The molecule has 4 heteroatoms. The third-order valence-corrected chi connectivity index (χ3v) is 3.06. The molecule has 0 aliphatic rings. The maximum atomic E-state index is 11.9. The summed E-state index contributed by atoms with van der Waals surface area (Å²) in [7, 11) is 3.33. The second-order valence-corrected chi connectivity index (χ2v) is 4.59. The number of carbonyl (C=O) groups excluding carboxylic acids is 1. The van der Waals surface area contributed by atoms with Gasteiger partial charge in [-0.25, -0.2) is 0 Å². The molecule has 0 saturated carbocycles. The summed E-state index contributed by atoms with van der Waals surface area (Å²) in [5.41, 5.74) is 1.67. The van der Waals surface area contributed by atoms with Gasteiger partial charge in [-0.3, -0.25) is 4.79 Å². The van der Waals surface area contributed by atoms with E-state index in [9.17, 15) is 4.79 Å². The average molecular weight is 285 g/mol. The highest BCUT2D eigenvalue weighted by atomic mass is 16.5. The van der Waals surface area contributed by atoms with Crippen molar-refractivity contribution in [1.82, 2.24) is 5.32 Å². The number of benzene rings is 2. The zero-order valence-corrected chi connectivity index (χ0v) is 12.3. The largest absolute Gasteiger partial charge is 0.493 e. The van der Waals surface area contributed by atoms with E-state index < -0.39 is 0 Å². The number of Topliss-reactive ketones (excluding diaryl/α,β-unsaturated/α-hetero) is 1. The van der Waals surface area contributed by atoms with Crippen LogP contribution in [0.1, 0.15) is 15.9 Å². The number of hydrogen-bond acceptors (Lipinski definition) is 4. The van der Waals surface area contributed by atoms with Crippen LogP contribution in [0.25, 0.3) is 0 Å². The van der Waals surface area contributed by atoms with Crippen LogP contribution < -0.4 is 14.8 Å². The number of likely N-dealkylation sites (N-methyl/N-ethyl adjacent to an activating group) is 1. The van der Waals surface area contributed by atoms with Gasteiger partial charge >= 0.3 is 0 Å². The average Bonchev–Trinajstić information content (AvgIpc) is 2.54. The number of rotatable bonds is 7. The van der Waals surface area contributed by atoms with E-state index in [4.69, 9.17) is 9.47 Å². The van der Waals surface area contributed by atoms with Crippen LogP contribution in [0, 0.1) is 0 Å². The van der Waals surface area contributed by atoms with E-state index in [0.29, 0.717) is 30.2 Å². The van der Waals surface area contributed by atoms with Crippen LogP contribution in [0.2, 0.25) is 0 Å². The summed E-state index contributed by atoms with van der Waals surface area (Å²) in [5, 5.41) is 2.85. The number of ketones is 1. The molecule has 0 fully saturated rings. The molecule has 0 radical (unpaired) electrons. The molecule has 1 N–H and O–H groups in total. The van der Waals surface area contributed by atoms with E-state index in [0.717, 1.165) is 5.56 Å². The normalized spacial score (nSPS) is 10.2. The Hall–Kier alpha value is -2.33. The Balaban J connectivity index is 2.16. The number of hydrogen-bond donors (Lipinski definition) is 1. The third kappa shape index (κ3) is 4.07. The summed E-state index contributed by atoms with van der Waals surface area (Å²) in [6.45, 7) is 0.728. The molecule has 110 valence electrons. The van der Waals surface area contributed by atoms with Crippen LogP contribution in [-0.2, 0) is 6.61 Å². The van der Waals surface area contributed by atoms with Crippen LogP contribution in [0.3, 0.4) is 0 Å². The summed E-state index contributed by atoms with van der Waals surface area (Å²) >= 11 is 0. The van der Waals surface area contributed by atoms with Gasteiger partial charge in [0.05, 0.1) is 13.7 Å². The van der Waals surface area contributed by atoms with Gasteiger partial charge in [0.25, 0.3) is 0 Å². The molecule has 0 spiro atoms. The fourth-order valence-electron chi connectivity index (χ4n) is 1.96. The van der Waals surface area contributed by atoms with Gasteiger partial charge in [0.15, 0.2) is 17.3 Å². The molecule has 0 heterocycles. The monoisotopic (exact) mass is 285 g/mol. The second-order valence-electron chi connectivity index (χ2n) is 4.59. The molecular weight excluding hydrogens is 266 g/mol. The highest BCUT2D eigenvalue weighted by molar-refractivity contribution is 5.98. The van der Waals surface area contributed by atoms with Gasteiger partial charge in [-0.05, 0) is 30.8 Å². The first kappa shape index (κ1) is 15.1. The fraction of sp³-hybridized carbons (Fsp3) is 0.235. The predicted octanol–water partition coefficient (Wildman–Crippen LogP) is 2.68. The van der Waals surface area contributed by atoms with Crippen LogP contribution in [-0.4, -0.2) is 26.5 Å². The topological polar surface area (TPSA) is 47.6 Å². The van der Waals surface area contributed by atoms with Gasteiger partial charge in [0.2, 0.25) is 0 Å². The van der Waals surface area contributed by atoms with E-state index in [-0.39, 0.29) is 5.78 Å². The number of carbonyl (C=O) groups is 1. The fourth-order valence-corrected chi connectivity index (χ4v) is 1.96. The van der Waals surface area contributed by atoms with E-state index >= 15 is 0 Å². The maximum absolute atomic E-state index is 11.9. The predicted molar refractivity (Wildman–Crippen MR) is 82.0 cm³/mol. The molecular formula is C17H19NO3. The molecule has 0 saturated heterocycles. The first-order valence-electron chi connectivity index (χ1n) is 6.77. The van der Waals surface area contributed by atoms with Crippen molar-refractivity contribution >= 4 is 5.78 Å². The van der Waals surface area contributed by atoms with E-state index in [2.05, 4.69) is 5.32 Å². The summed E-state index contributed by atoms with van der Waals surface area (Å²) in [6, 6.07) is 15.1. The van der Waals surface area contributed by atoms with Crippen molar-refractivity contribution in [3.8, 4) is 11.5 Å². The quantitative estimate of drug-likeness (QED) is 0.795. The van der Waals surface area contributed by atoms with Crippen LogP contribution in [0.4, 0.5) is 0 Å². The van der Waals surface area contributed by atoms with Gasteiger partial charge in [-0.1, -0.05) is 30.3 Å². The summed E-state index contributed by atoms with van der Waals surface area (Å²) in [6.07, 6.45) is 0. The van der Waals surface area contributed by atoms with Crippen LogP contribution in [0.15, 0.2) is 48.5 Å². The van der Waals surface area contributed by atoms with E-state index in [1.54, 1.807) is 32.4 Å². The van der Waals surface area contributed by atoms with Crippen molar-refractivity contribution in [2.24, 2.45) is 0 Å². The highest BCUT2D eigenvalue weighted by Crippen LogP contribution is 2.29. The first-order chi connectivity index (χ1) is 10.2. The third-order valence-electron chi connectivity index (χ3n) is 3.06. The van der Waals surface area contributed by atoms with Gasteiger partial charge < -0.3 is 14.8 Å². The summed E-state index contributed by atoms with van der Waals surface area (Å²) in [5.74, 6) is 1.21. The van der Waals surface area contributed by atoms with Crippen molar-refractivity contribution in [2.45, 2.75) is 6.61 Å². The molecule has 0 aromatic heterocycles. The Labute approximate surface area is 124 Å².